The highest BCUT2D eigenvalue weighted by Gasteiger charge is 2.25. The van der Waals surface area contributed by atoms with E-state index in [2.05, 4.69) is 36.5 Å². The highest BCUT2D eigenvalue weighted by molar-refractivity contribution is 5.53. The Morgan fingerprint density at radius 3 is 2.06 bits per heavy atom. The van der Waals surface area contributed by atoms with Crippen LogP contribution in [0.5, 0.6) is 11.5 Å². The van der Waals surface area contributed by atoms with Crippen LogP contribution in [-0.2, 0) is 0 Å². The minimum atomic E-state index is 0.381. The lowest BCUT2D eigenvalue weighted by molar-refractivity contribution is 0.441. The molecule has 2 nitrogen and oxygen atoms in total. The second-order valence-electron chi connectivity index (χ2n) is 4.54. The van der Waals surface area contributed by atoms with Crippen LogP contribution in [0.2, 0.25) is 0 Å². The van der Waals surface area contributed by atoms with Crippen LogP contribution in [0.4, 0.5) is 0 Å². The molecule has 3 rings (SSSR count). The van der Waals surface area contributed by atoms with Crippen molar-refractivity contribution in [3.63, 3.8) is 0 Å². The van der Waals surface area contributed by atoms with Gasteiger partial charge in [0.25, 0.3) is 0 Å². The minimum Gasteiger partial charge on any atom is -0.457 e. The molecule has 2 heteroatoms. The lowest BCUT2D eigenvalue weighted by Crippen LogP contribution is -2.24. The second-order valence-corrected chi connectivity index (χ2v) is 4.54. The van der Waals surface area contributed by atoms with Crippen LogP contribution >= 0.6 is 0 Å². The molecule has 0 saturated carbocycles. The summed E-state index contributed by atoms with van der Waals surface area (Å²) in [4.78, 5) is 0. The van der Waals surface area contributed by atoms with Crippen molar-refractivity contribution in [2.24, 2.45) is 0 Å². The van der Waals surface area contributed by atoms with Crippen LogP contribution in [-0.4, -0.2) is 13.1 Å². The summed E-state index contributed by atoms with van der Waals surface area (Å²) in [6.45, 7) is 4.08. The maximum atomic E-state index is 5.96. The molecular formula is C16H17NO. The molecule has 0 fully saturated rings. The standard InChI is InChI=1S/C16H17NO/c1-2-17-11-14-12-7-3-5-9-15(12)18-16-10-6-4-8-13(14)16/h3-10,14,17H,2,11H2,1H3. The number of hydrogen-bond acceptors (Lipinski definition) is 2. The van der Waals surface area contributed by atoms with Crippen LogP contribution in [0, 0.1) is 0 Å². The molecule has 2 aromatic carbocycles. The Bertz CT molecular complexity index is 505. The third-order valence-electron chi connectivity index (χ3n) is 3.41. The first-order chi connectivity index (χ1) is 8.90. The van der Waals surface area contributed by atoms with Gasteiger partial charge in [0, 0.05) is 23.6 Å². The fourth-order valence-electron chi connectivity index (χ4n) is 2.52. The zero-order valence-corrected chi connectivity index (χ0v) is 10.5. The molecule has 2 aromatic rings. The van der Waals surface area contributed by atoms with Gasteiger partial charge in [0.05, 0.1) is 0 Å². The Morgan fingerprint density at radius 1 is 0.944 bits per heavy atom. The number of ether oxygens (including phenoxy) is 1. The van der Waals surface area contributed by atoms with Gasteiger partial charge in [-0.15, -0.1) is 0 Å². The van der Waals surface area contributed by atoms with E-state index >= 15 is 0 Å². The number of likely N-dealkylation sites (N-methyl/N-ethyl adjacent to an activating group) is 1. The molecule has 0 atom stereocenters. The van der Waals surface area contributed by atoms with Gasteiger partial charge in [-0.25, -0.2) is 0 Å². The monoisotopic (exact) mass is 239 g/mol. The van der Waals surface area contributed by atoms with Gasteiger partial charge in [-0.2, -0.15) is 0 Å². The fraction of sp³-hybridized carbons (Fsp3) is 0.250. The summed E-state index contributed by atoms with van der Waals surface area (Å²) in [6, 6.07) is 16.6. The van der Waals surface area contributed by atoms with Crippen molar-refractivity contribution < 1.29 is 4.74 Å². The Morgan fingerprint density at radius 2 is 1.50 bits per heavy atom. The molecule has 0 saturated heterocycles. The topological polar surface area (TPSA) is 21.3 Å². The molecular weight excluding hydrogens is 222 g/mol. The van der Waals surface area contributed by atoms with Crippen LogP contribution in [0.15, 0.2) is 48.5 Å². The predicted molar refractivity (Wildman–Crippen MR) is 73.3 cm³/mol. The molecule has 1 heterocycles. The van der Waals surface area contributed by atoms with E-state index in [9.17, 15) is 0 Å². The Balaban J connectivity index is 2.05. The summed E-state index contributed by atoms with van der Waals surface area (Å²) in [5, 5.41) is 3.44. The van der Waals surface area contributed by atoms with Gasteiger partial charge in [0.1, 0.15) is 11.5 Å². The molecule has 0 bridgehead atoms. The first-order valence-electron chi connectivity index (χ1n) is 6.46. The third kappa shape index (κ3) is 1.89. The quantitative estimate of drug-likeness (QED) is 0.884. The highest BCUT2D eigenvalue weighted by Crippen LogP contribution is 2.43. The van der Waals surface area contributed by atoms with Crippen LogP contribution < -0.4 is 10.1 Å². The van der Waals surface area contributed by atoms with Gasteiger partial charge >= 0.3 is 0 Å². The average molecular weight is 239 g/mol. The van der Waals surface area contributed by atoms with E-state index in [1.165, 1.54) is 11.1 Å². The number of benzene rings is 2. The van der Waals surface area contributed by atoms with E-state index < -0.39 is 0 Å². The molecule has 1 aliphatic heterocycles. The maximum Gasteiger partial charge on any atom is 0.131 e. The highest BCUT2D eigenvalue weighted by atomic mass is 16.5. The molecule has 0 amide bonds. The normalized spacial score (nSPS) is 13.6. The summed E-state index contributed by atoms with van der Waals surface area (Å²) < 4.78 is 5.96. The number of nitrogens with one attached hydrogen (secondary N) is 1. The van der Waals surface area contributed by atoms with E-state index in [4.69, 9.17) is 4.74 Å². The Labute approximate surface area is 108 Å². The van der Waals surface area contributed by atoms with Crippen molar-refractivity contribution in [2.45, 2.75) is 12.8 Å². The Kier molecular flexibility index (Phi) is 3.03. The number of para-hydroxylation sites is 2. The zero-order valence-electron chi connectivity index (χ0n) is 10.5. The smallest absolute Gasteiger partial charge is 0.131 e. The summed E-state index contributed by atoms with van der Waals surface area (Å²) in [7, 11) is 0. The molecule has 0 aromatic heterocycles. The van der Waals surface area contributed by atoms with Crippen molar-refractivity contribution in [2.75, 3.05) is 13.1 Å². The third-order valence-corrected chi connectivity index (χ3v) is 3.41. The van der Waals surface area contributed by atoms with Gasteiger partial charge in [0.15, 0.2) is 0 Å². The van der Waals surface area contributed by atoms with Gasteiger partial charge in [0.2, 0.25) is 0 Å². The van der Waals surface area contributed by atoms with Crippen molar-refractivity contribution in [1.82, 2.24) is 5.32 Å². The molecule has 0 spiro atoms. The zero-order chi connectivity index (χ0) is 12.4. The summed E-state index contributed by atoms with van der Waals surface area (Å²) >= 11 is 0. The van der Waals surface area contributed by atoms with E-state index in [0.29, 0.717) is 5.92 Å². The largest absolute Gasteiger partial charge is 0.457 e. The van der Waals surface area contributed by atoms with Gasteiger partial charge < -0.3 is 10.1 Å². The molecule has 92 valence electrons. The molecule has 1 N–H and O–H groups in total. The summed E-state index contributed by atoms with van der Waals surface area (Å²) in [6.07, 6.45) is 0. The van der Waals surface area contributed by atoms with Crippen molar-refractivity contribution >= 4 is 0 Å². The number of hydrogen-bond donors (Lipinski definition) is 1. The van der Waals surface area contributed by atoms with E-state index in [1.807, 2.05) is 24.3 Å². The molecule has 0 unspecified atom stereocenters. The molecule has 0 aliphatic carbocycles. The molecule has 0 radical (unpaired) electrons. The van der Waals surface area contributed by atoms with Crippen LogP contribution in [0.25, 0.3) is 0 Å². The summed E-state index contributed by atoms with van der Waals surface area (Å²) in [5.74, 6) is 2.35. The molecule has 1 aliphatic rings. The molecule has 18 heavy (non-hydrogen) atoms. The number of rotatable bonds is 3. The van der Waals surface area contributed by atoms with Crippen LogP contribution in [0.3, 0.4) is 0 Å². The van der Waals surface area contributed by atoms with Gasteiger partial charge in [-0.05, 0) is 18.7 Å². The van der Waals surface area contributed by atoms with E-state index in [1.54, 1.807) is 0 Å². The van der Waals surface area contributed by atoms with Crippen molar-refractivity contribution in [3.8, 4) is 11.5 Å². The van der Waals surface area contributed by atoms with Crippen molar-refractivity contribution in [3.05, 3.63) is 59.7 Å². The first kappa shape index (κ1) is 11.3. The SMILES string of the molecule is CCNCC1c2ccccc2Oc2ccccc21. The van der Waals surface area contributed by atoms with Crippen molar-refractivity contribution in [1.29, 1.82) is 0 Å². The lowest BCUT2D eigenvalue weighted by Gasteiger charge is -2.28. The minimum absolute atomic E-state index is 0.381. The average Bonchev–Trinajstić information content (AvgIpc) is 2.43. The van der Waals surface area contributed by atoms with E-state index in [0.717, 1.165) is 24.6 Å². The predicted octanol–water partition coefficient (Wildman–Crippen LogP) is 3.53. The lowest BCUT2D eigenvalue weighted by atomic mass is 9.88. The maximum absolute atomic E-state index is 5.96. The first-order valence-corrected chi connectivity index (χ1v) is 6.46. The fourth-order valence-corrected chi connectivity index (χ4v) is 2.52. The summed E-state index contributed by atoms with van der Waals surface area (Å²) in [5.41, 5.74) is 2.55. The van der Waals surface area contributed by atoms with Gasteiger partial charge in [-0.1, -0.05) is 43.3 Å². The Hall–Kier alpha value is -1.80. The number of fused-ring (bicyclic) bond motifs is 2. The second kappa shape index (κ2) is 4.83. The van der Waals surface area contributed by atoms with E-state index in [-0.39, 0.29) is 0 Å². The van der Waals surface area contributed by atoms with Crippen LogP contribution in [0.1, 0.15) is 24.0 Å². The van der Waals surface area contributed by atoms with Gasteiger partial charge in [-0.3, -0.25) is 0 Å².